The van der Waals surface area contributed by atoms with E-state index in [1.807, 2.05) is 13.0 Å². The Bertz CT molecular complexity index is 458. The van der Waals surface area contributed by atoms with Gasteiger partial charge in [-0.25, -0.2) is 4.98 Å². The van der Waals surface area contributed by atoms with Crippen LogP contribution in [0.25, 0.3) is 0 Å². The number of carbonyl (C=O) groups is 2. The van der Waals surface area contributed by atoms with Crippen LogP contribution in [0.3, 0.4) is 0 Å². The maximum absolute atomic E-state index is 12.2. The summed E-state index contributed by atoms with van der Waals surface area (Å²) in [7, 11) is 0. The Balaban J connectivity index is 2.03. The molecule has 19 heavy (non-hydrogen) atoms. The SMILES string of the molecule is CCNc1ccc(C(=O)N2CCNC(=O)CC2)nc1. The first-order valence-corrected chi connectivity index (χ1v) is 6.46. The van der Waals surface area contributed by atoms with E-state index < -0.39 is 0 Å². The van der Waals surface area contributed by atoms with Crippen molar-refractivity contribution >= 4 is 17.5 Å². The average Bonchev–Trinajstić information content (AvgIpc) is 2.64. The maximum atomic E-state index is 12.2. The number of nitrogens with one attached hydrogen (secondary N) is 2. The second-order valence-electron chi connectivity index (χ2n) is 4.35. The van der Waals surface area contributed by atoms with Crippen molar-refractivity contribution < 1.29 is 9.59 Å². The van der Waals surface area contributed by atoms with Gasteiger partial charge in [-0.05, 0) is 19.1 Å². The average molecular weight is 262 g/mol. The summed E-state index contributed by atoms with van der Waals surface area (Å²) < 4.78 is 0. The standard InChI is InChI=1S/C13H18N4O2/c1-2-14-10-3-4-11(16-9-10)13(19)17-7-5-12(18)15-6-8-17/h3-4,9,14H,2,5-8H2,1H3,(H,15,18). The highest BCUT2D eigenvalue weighted by molar-refractivity contribution is 5.93. The van der Waals surface area contributed by atoms with Crippen LogP contribution in [0.4, 0.5) is 5.69 Å². The van der Waals surface area contributed by atoms with Crippen LogP contribution in [-0.2, 0) is 4.79 Å². The third-order valence-electron chi connectivity index (χ3n) is 2.96. The molecule has 102 valence electrons. The largest absolute Gasteiger partial charge is 0.384 e. The molecular weight excluding hydrogens is 244 g/mol. The first-order valence-electron chi connectivity index (χ1n) is 6.46. The van der Waals surface area contributed by atoms with Crippen molar-refractivity contribution in [3.63, 3.8) is 0 Å². The van der Waals surface area contributed by atoms with E-state index in [2.05, 4.69) is 15.6 Å². The molecule has 1 aliphatic heterocycles. The second-order valence-corrected chi connectivity index (χ2v) is 4.35. The predicted octanol–water partition coefficient (Wildman–Crippen LogP) is 0.475. The Labute approximate surface area is 112 Å². The highest BCUT2D eigenvalue weighted by atomic mass is 16.2. The van der Waals surface area contributed by atoms with Crippen LogP contribution in [0.2, 0.25) is 0 Å². The Hall–Kier alpha value is -2.11. The van der Waals surface area contributed by atoms with E-state index in [9.17, 15) is 9.59 Å². The summed E-state index contributed by atoms with van der Waals surface area (Å²) in [4.78, 5) is 29.3. The minimum atomic E-state index is -0.125. The smallest absolute Gasteiger partial charge is 0.272 e. The Morgan fingerprint density at radius 1 is 1.47 bits per heavy atom. The zero-order chi connectivity index (χ0) is 13.7. The number of carbonyl (C=O) groups excluding carboxylic acids is 2. The number of nitrogens with zero attached hydrogens (tertiary/aromatic N) is 2. The van der Waals surface area contributed by atoms with Gasteiger partial charge in [0.25, 0.3) is 5.91 Å². The molecule has 2 amide bonds. The molecule has 0 spiro atoms. The lowest BCUT2D eigenvalue weighted by Gasteiger charge is -2.18. The first kappa shape index (κ1) is 13.3. The molecule has 6 nitrogen and oxygen atoms in total. The third kappa shape index (κ3) is 3.43. The molecule has 0 atom stereocenters. The van der Waals surface area contributed by atoms with Crippen LogP contribution in [0.5, 0.6) is 0 Å². The van der Waals surface area contributed by atoms with Crippen molar-refractivity contribution in [2.24, 2.45) is 0 Å². The minimum Gasteiger partial charge on any atom is -0.384 e. The van der Waals surface area contributed by atoms with E-state index in [0.717, 1.165) is 12.2 Å². The molecule has 1 aromatic heterocycles. The second kappa shape index (κ2) is 6.17. The van der Waals surface area contributed by atoms with Crippen molar-refractivity contribution in [2.45, 2.75) is 13.3 Å². The molecule has 2 heterocycles. The van der Waals surface area contributed by atoms with E-state index in [1.54, 1.807) is 17.2 Å². The van der Waals surface area contributed by atoms with Crippen molar-refractivity contribution in [3.8, 4) is 0 Å². The summed E-state index contributed by atoms with van der Waals surface area (Å²) in [6.45, 7) is 4.29. The summed E-state index contributed by atoms with van der Waals surface area (Å²) in [6.07, 6.45) is 2.00. The molecule has 0 saturated carbocycles. The number of hydrogen-bond donors (Lipinski definition) is 2. The number of hydrogen-bond acceptors (Lipinski definition) is 4. The summed E-state index contributed by atoms with van der Waals surface area (Å²) in [5, 5.41) is 5.87. The molecular formula is C13H18N4O2. The lowest BCUT2D eigenvalue weighted by atomic mass is 10.3. The summed E-state index contributed by atoms with van der Waals surface area (Å²) in [5.74, 6) is -0.134. The van der Waals surface area contributed by atoms with Gasteiger partial charge in [-0.3, -0.25) is 9.59 Å². The number of rotatable bonds is 3. The van der Waals surface area contributed by atoms with Gasteiger partial charge < -0.3 is 15.5 Å². The topological polar surface area (TPSA) is 74.3 Å². The quantitative estimate of drug-likeness (QED) is 0.830. The first-order chi connectivity index (χ1) is 9.20. The molecule has 1 aromatic rings. The number of pyridine rings is 1. The summed E-state index contributed by atoms with van der Waals surface area (Å²) in [5.41, 5.74) is 1.31. The van der Waals surface area contributed by atoms with Gasteiger partial charge in [0, 0.05) is 32.6 Å². The van der Waals surface area contributed by atoms with E-state index in [4.69, 9.17) is 0 Å². The predicted molar refractivity (Wildman–Crippen MR) is 71.9 cm³/mol. The van der Waals surface area contributed by atoms with Gasteiger partial charge in [-0.1, -0.05) is 0 Å². The molecule has 0 radical (unpaired) electrons. The lowest BCUT2D eigenvalue weighted by molar-refractivity contribution is -0.120. The Morgan fingerprint density at radius 3 is 3.00 bits per heavy atom. The minimum absolute atomic E-state index is 0.00856. The van der Waals surface area contributed by atoms with Gasteiger partial charge >= 0.3 is 0 Å². The maximum Gasteiger partial charge on any atom is 0.272 e. The van der Waals surface area contributed by atoms with Crippen molar-refractivity contribution in [1.29, 1.82) is 0 Å². The fourth-order valence-corrected chi connectivity index (χ4v) is 1.96. The van der Waals surface area contributed by atoms with E-state index in [-0.39, 0.29) is 11.8 Å². The highest BCUT2D eigenvalue weighted by Crippen LogP contribution is 2.09. The fraction of sp³-hybridized carbons (Fsp3) is 0.462. The zero-order valence-corrected chi connectivity index (χ0v) is 11.0. The van der Waals surface area contributed by atoms with E-state index >= 15 is 0 Å². The molecule has 2 N–H and O–H groups in total. The van der Waals surface area contributed by atoms with Crippen LogP contribution in [0.15, 0.2) is 18.3 Å². The molecule has 0 aliphatic carbocycles. The Morgan fingerprint density at radius 2 is 2.32 bits per heavy atom. The Kier molecular flexibility index (Phi) is 4.33. The van der Waals surface area contributed by atoms with Crippen LogP contribution in [0.1, 0.15) is 23.8 Å². The fourth-order valence-electron chi connectivity index (χ4n) is 1.96. The summed E-state index contributed by atoms with van der Waals surface area (Å²) >= 11 is 0. The van der Waals surface area contributed by atoms with Crippen LogP contribution in [-0.4, -0.2) is 47.9 Å². The molecule has 6 heteroatoms. The van der Waals surface area contributed by atoms with Crippen LogP contribution < -0.4 is 10.6 Å². The zero-order valence-electron chi connectivity index (χ0n) is 11.0. The molecule has 2 rings (SSSR count). The summed E-state index contributed by atoms with van der Waals surface area (Å²) in [6, 6.07) is 3.55. The number of amides is 2. The third-order valence-corrected chi connectivity index (χ3v) is 2.96. The number of aromatic nitrogens is 1. The molecule has 1 saturated heterocycles. The van der Waals surface area contributed by atoms with Gasteiger partial charge in [0.1, 0.15) is 5.69 Å². The molecule has 0 aromatic carbocycles. The van der Waals surface area contributed by atoms with Crippen LogP contribution >= 0.6 is 0 Å². The molecule has 0 bridgehead atoms. The molecule has 1 fully saturated rings. The lowest BCUT2D eigenvalue weighted by Crippen LogP contribution is -2.34. The highest BCUT2D eigenvalue weighted by Gasteiger charge is 2.20. The molecule has 1 aliphatic rings. The molecule has 0 unspecified atom stereocenters. The van der Waals surface area contributed by atoms with Crippen molar-refractivity contribution in [2.75, 3.05) is 31.5 Å². The van der Waals surface area contributed by atoms with Gasteiger partial charge in [0.15, 0.2) is 0 Å². The normalized spacial score (nSPS) is 15.6. The number of anilines is 1. The van der Waals surface area contributed by atoms with Crippen molar-refractivity contribution in [3.05, 3.63) is 24.0 Å². The van der Waals surface area contributed by atoms with Crippen molar-refractivity contribution in [1.82, 2.24) is 15.2 Å². The van der Waals surface area contributed by atoms with Gasteiger partial charge in [-0.2, -0.15) is 0 Å². The monoisotopic (exact) mass is 262 g/mol. The van der Waals surface area contributed by atoms with Gasteiger partial charge in [0.05, 0.1) is 11.9 Å². The van der Waals surface area contributed by atoms with Gasteiger partial charge in [-0.15, -0.1) is 0 Å². The van der Waals surface area contributed by atoms with E-state index in [1.165, 1.54) is 0 Å². The van der Waals surface area contributed by atoms with Crippen LogP contribution in [0, 0.1) is 0 Å². The van der Waals surface area contributed by atoms with Gasteiger partial charge in [0.2, 0.25) is 5.91 Å². The van der Waals surface area contributed by atoms with E-state index in [0.29, 0.717) is 31.7 Å².